The summed E-state index contributed by atoms with van der Waals surface area (Å²) >= 11 is 1.44. The lowest BCUT2D eigenvalue weighted by atomic mass is 9.83. The Labute approximate surface area is 195 Å². The molecule has 1 aliphatic heterocycles. The number of hydrogen-bond donors (Lipinski definition) is 0. The Morgan fingerprint density at radius 3 is 2.58 bits per heavy atom. The Hall–Kier alpha value is -3.70. The average molecular weight is 451 g/mol. The van der Waals surface area contributed by atoms with Gasteiger partial charge in [-0.25, -0.2) is 4.99 Å². The van der Waals surface area contributed by atoms with Crippen LogP contribution in [-0.4, -0.2) is 11.7 Å². The molecule has 5 heteroatoms. The second-order valence-electron chi connectivity index (χ2n) is 8.27. The van der Waals surface area contributed by atoms with Gasteiger partial charge in [0, 0.05) is 11.1 Å². The van der Waals surface area contributed by atoms with Gasteiger partial charge in [0.05, 0.1) is 23.4 Å². The van der Waals surface area contributed by atoms with E-state index in [1.165, 1.54) is 28.0 Å². The van der Waals surface area contributed by atoms with E-state index in [4.69, 9.17) is 9.73 Å². The first-order valence-electron chi connectivity index (χ1n) is 11.1. The third kappa shape index (κ3) is 3.28. The molecule has 1 aromatic heterocycles. The fraction of sp³-hybridized carbons (Fsp3) is 0.143. The van der Waals surface area contributed by atoms with Gasteiger partial charge in [-0.15, -0.1) is 0 Å². The maximum atomic E-state index is 13.7. The molecule has 1 aliphatic carbocycles. The van der Waals surface area contributed by atoms with Crippen LogP contribution < -0.4 is 19.6 Å². The van der Waals surface area contributed by atoms with Gasteiger partial charge in [0.1, 0.15) is 5.75 Å². The van der Waals surface area contributed by atoms with Crippen molar-refractivity contribution in [3.63, 3.8) is 0 Å². The molecule has 0 saturated carbocycles. The van der Waals surface area contributed by atoms with Crippen molar-refractivity contribution in [1.82, 2.24) is 4.57 Å². The van der Waals surface area contributed by atoms with Crippen LogP contribution in [0.2, 0.25) is 0 Å². The van der Waals surface area contributed by atoms with Crippen molar-refractivity contribution in [3.05, 3.63) is 126 Å². The molecule has 1 atom stereocenters. The van der Waals surface area contributed by atoms with Crippen LogP contribution in [0, 0.1) is 0 Å². The first kappa shape index (κ1) is 19.9. The number of rotatable bonds is 3. The third-order valence-electron chi connectivity index (χ3n) is 6.41. The highest BCUT2D eigenvalue weighted by Crippen LogP contribution is 2.41. The van der Waals surface area contributed by atoms with E-state index in [0.29, 0.717) is 4.53 Å². The Kier molecular flexibility index (Phi) is 4.84. The number of aromatic nitrogens is 1. The molecule has 3 aromatic carbocycles. The zero-order chi connectivity index (χ0) is 22.4. The van der Waals surface area contributed by atoms with Gasteiger partial charge in [-0.1, -0.05) is 84.1 Å². The zero-order valence-corrected chi connectivity index (χ0v) is 19.0. The minimum Gasteiger partial charge on any atom is -0.496 e. The van der Waals surface area contributed by atoms with E-state index in [-0.39, 0.29) is 11.6 Å². The monoisotopic (exact) mass is 450 g/mol. The zero-order valence-electron chi connectivity index (χ0n) is 18.2. The van der Waals surface area contributed by atoms with Gasteiger partial charge < -0.3 is 4.74 Å². The minimum atomic E-state index is -0.148. The summed E-state index contributed by atoms with van der Waals surface area (Å²) in [5.74, 6) is 0.746. The average Bonchev–Trinajstić information content (AvgIpc) is 3.18. The van der Waals surface area contributed by atoms with Gasteiger partial charge >= 0.3 is 0 Å². The van der Waals surface area contributed by atoms with Crippen LogP contribution in [-0.2, 0) is 6.42 Å². The molecule has 2 heterocycles. The molecule has 0 fully saturated rings. The fourth-order valence-corrected chi connectivity index (χ4v) is 5.88. The summed E-state index contributed by atoms with van der Waals surface area (Å²) in [4.78, 5) is 19.5. The van der Waals surface area contributed by atoms with Crippen LogP contribution in [0.3, 0.4) is 0 Å². The quantitative estimate of drug-likeness (QED) is 0.466. The number of thiazole rings is 1. The lowest BCUT2D eigenvalue weighted by Gasteiger charge is -2.30. The van der Waals surface area contributed by atoms with Crippen LogP contribution in [0.4, 0.5) is 0 Å². The van der Waals surface area contributed by atoms with Crippen molar-refractivity contribution in [3.8, 4) is 5.75 Å². The fourth-order valence-electron chi connectivity index (χ4n) is 4.88. The van der Waals surface area contributed by atoms with E-state index in [9.17, 15) is 4.79 Å². The van der Waals surface area contributed by atoms with Crippen LogP contribution in [0.5, 0.6) is 5.75 Å². The summed E-state index contributed by atoms with van der Waals surface area (Å²) in [6, 6.07) is 26.4. The van der Waals surface area contributed by atoms with Crippen molar-refractivity contribution < 1.29 is 4.74 Å². The van der Waals surface area contributed by atoms with Gasteiger partial charge in [-0.3, -0.25) is 9.36 Å². The van der Waals surface area contributed by atoms with Gasteiger partial charge in [-0.05, 0) is 41.7 Å². The van der Waals surface area contributed by atoms with Crippen LogP contribution in [0.15, 0.2) is 94.2 Å². The number of benzene rings is 3. The lowest BCUT2D eigenvalue weighted by molar-refractivity contribution is 0.414. The first-order valence-corrected chi connectivity index (χ1v) is 11.9. The lowest BCUT2D eigenvalue weighted by Crippen LogP contribution is -2.38. The highest BCUT2D eigenvalue weighted by molar-refractivity contribution is 7.07. The molecule has 4 nitrogen and oxygen atoms in total. The summed E-state index contributed by atoms with van der Waals surface area (Å²) in [7, 11) is 1.65. The molecule has 162 valence electrons. The molecular weight excluding hydrogens is 428 g/mol. The predicted octanol–water partition coefficient (Wildman–Crippen LogP) is 4.33. The highest BCUT2D eigenvalue weighted by Gasteiger charge is 2.32. The number of nitrogens with zero attached hydrogens (tertiary/aromatic N) is 2. The Balaban J connectivity index is 1.63. The molecule has 0 saturated heterocycles. The second-order valence-corrected chi connectivity index (χ2v) is 9.28. The number of para-hydroxylation sites is 1. The Bertz CT molecular complexity index is 1580. The van der Waals surface area contributed by atoms with Gasteiger partial charge in [0.2, 0.25) is 0 Å². The number of aryl methyl sites for hydroxylation is 1. The number of hydrogen-bond acceptors (Lipinski definition) is 4. The Morgan fingerprint density at radius 1 is 0.970 bits per heavy atom. The van der Waals surface area contributed by atoms with Crippen molar-refractivity contribution in [2.24, 2.45) is 4.99 Å². The summed E-state index contributed by atoms with van der Waals surface area (Å²) in [6.07, 6.45) is 3.77. The summed E-state index contributed by atoms with van der Waals surface area (Å²) in [5.41, 5.74) is 6.73. The van der Waals surface area contributed by atoms with Crippen LogP contribution >= 0.6 is 11.3 Å². The number of ether oxygens (including phenoxy) is 1. The van der Waals surface area contributed by atoms with Gasteiger partial charge in [0.15, 0.2) is 4.80 Å². The number of allylic oxidation sites excluding steroid dienone is 1. The van der Waals surface area contributed by atoms with Crippen molar-refractivity contribution in [2.75, 3.05) is 7.11 Å². The number of methoxy groups -OCH3 is 1. The standard InChI is InChI=1S/C28H22N2O2S/c1-32-23-14-8-6-12-20(23)17-24-27(31)30-26(19-10-3-2-4-11-19)22-16-15-18-9-5-7-13-21(18)25(22)29-28(30)33-24/h2-14,17,26H,15-16H2,1H3/b24-17-/t26-/m1/s1. The second kappa shape index (κ2) is 8.01. The SMILES string of the molecule is COc1ccccc1/C=c1\sc2n(c1=O)[C@H](c1ccccc1)C1=C(N=2)c2ccccc2CC1. The smallest absolute Gasteiger partial charge is 0.271 e. The maximum Gasteiger partial charge on any atom is 0.271 e. The van der Waals surface area contributed by atoms with E-state index < -0.39 is 0 Å². The molecule has 0 unspecified atom stereocenters. The molecule has 2 aliphatic rings. The molecular formula is C28H22N2O2S. The van der Waals surface area contributed by atoms with Crippen LogP contribution in [0.25, 0.3) is 11.8 Å². The van der Waals surface area contributed by atoms with Gasteiger partial charge in [-0.2, -0.15) is 0 Å². The van der Waals surface area contributed by atoms with Gasteiger partial charge in [0.25, 0.3) is 5.56 Å². The van der Waals surface area contributed by atoms with Crippen molar-refractivity contribution in [2.45, 2.75) is 18.9 Å². The molecule has 0 spiro atoms. The predicted molar refractivity (Wildman–Crippen MR) is 132 cm³/mol. The topological polar surface area (TPSA) is 43.6 Å². The van der Waals surface area contributed by atoms with E-state index in [2.05, 4.69) is 36.4 Å². The summed E-state index contributed by atoms with van der Waals surface area (Å²) in [5, 5.41) is 0. The van der Waals surface area contributed by atoms with Crippen molar-refractivity contribution in [1.29, 1.82) is 0 Å². The Morgan fingerprint density at radius 2 is 1.73 bits per heavy atom. The van der Waals surface area contributed by atoms with Crippen molar-refractivity contribution >= 4 is 23.1 Å². The van der Waals surface area contributed by atoms with E-state index in [1.807, 2.05) is 53.1 Å². The van der Waals surface area contributed by atoms with E-state index in [0.717, 1.165) is 40.2 Å². The first-order chi connectivity index (χ1) is 16.2. The normalized spacial score (nSPS) is 17.1. The molecule has 6 rings (SSSR count). The molecule has 0 radical (unpaired) electrons. The number of fused-ring (bicyclic) bond motifs is 3. The molecule has 0 bridgehead atoms. The maximum absolute atomic E-state index is 13.7. The summed E-state index contributed by atoms with van der Waals surface area (Å²) in [6.45, 7) is 0. The molecule has 0 N–H and O–H groups in total. The van der Waals surface area contributed by atoms with E-state index in [1.54, 1.807) is 7.11 Å². The minimum absolute atomic E-state index is 0.0103. The molecule has 4 aromatic rings. The highest BCUT2D eigenvalue weighted by atomic mass is 32.1. The largest absolute Gasteiger partial charge is 0.496 e. The third-order valence-corrected chi connectivity index (χ3v) is 7.40. The molecule has 33 heavy (non-hydrogen) atoms. The van der Waals surface area contributed by atoms with E-state index >= 15 is 0 Å². The summed E-state index contributed by atoms with van der Waals surface area (Å²) < 4.78 is 8.04. The molecule has 0 amide bonds. The van der Waals surface area contributed by atoms with Crippen LogP contribution in [0.1, 0.15) is 34.7 Å².